The van der Waals surface area contributed by atoms with Crippen molar-refractivity contribution in [2.75, 3.05) is 14.1 Å². The quantitative estimate of drug-likeness (QED) is 0.476. The van der Waals surface area contributed by atoms with Gasteiger partial charge in [-0.15, -0.1) is 0 Å². The number of amides is 1. The number of H-pyrrole nitrogens is 1. The second-order valence-electron chi connectivity index (χ2n) is 8.11. The lowest BCUT2D eigenvalue weighted by Crippen LogP contribution is -2.24. The zero-order valence-corrected chi connectivity index (χ0v) is 18.4. The minimum Gasteiger partial charge on any atom is -0.354 e. The summed E-state index contributed by atoms with van der Waals surface area (Å²) in [5.74, 6) is -0.142. The van der Waals surface area contributed by atoms with Crippen molar-refractivity contribution in [3.8, 4) is 11.3 Å². The Bertz CT molecular complexity index is 1250. The fourth-order valence-electron chi connectivity index (χ4n) is 3.92. The fraction of sp³-hybridized carbons (Fsp3) is 0.240. The predicted octanol–water partition coefficient (Wildman–Crippen LogP) is 4.73. The van der Waals surface area contributed by atoms with Gasteiger partial charge < -0.3 is 15.2 Å². The number of aromatic nitrogens is 3. The zero-order valence-electron chi connectivity index (χ0n) is 18.4. The highest BCUT2D eigenvalue weighted by molar-refractivity contribution is 5.95. The Morgan fingerprint density at radius 3 is 2.71 bits per heavy atom. The van der Waals surface area contributed by atoms with Crippen molar-refractivity contribution in [2.45, 2.75) is 26.9 Å². The molecule has 6 heteroatoms. The molecule has 0 fully saturated rings. The molecule has 2 aromatic carbocycles. The SMILES string of the molecule is Cc1nnccc1C(=O)NCc1ccc2[nH]c(-c3ccccc3CN(C)C)c(C)c2c1.[HH].[HH]. The average molecular weight is 418 g/mol. The van der Waals surface area contributed by atoms with Gasteiger partial charge in [0.2, 0.25) is 0 Å². The molecule has 0 saturated heterocycles. The van der Waals surface area contributed by atoms with E-state index in [4.69, 9.17) is 0 Å². The predicted molar refractivity (Wildman–Crippen MR) is 128 cm³/mol. The summed E-state index contributed by atoms with van der Waals surface area (Å²) < 4.78 is 0. The van der Waals surface area contributed by atoms with Gasteiger partial charge in [-0.05, 0) is 62.8 Å². The van der Waals surface area contributed by atoms with Crippen LogP contribution >= 0.6 is 0 Å². The van der Waals surface area contributed by atoms with E-state index in [1.807, 2.05) is 6.07 Å². The van der Waals surface area contributed by atoms with E-state index in [0.29, 0.717) is 17.8 Å². The molecular weight excluding hydrogens is 386 g/mol. The van der Waals surface area contributed by atoms with Gasteiger partial charge in [0, 0.05) is 38.1 Å². The highest BCUT2D eigenvalue weighted by Gasteiger charge is 2.14. The summed E-state index contributed by atoms with van der Waals surface area (Å²) in [5.41, 5.74) is 8.19. The topological polar surface area (TPSA) is 73.9 Å². The molecule has 0 bridgehead atoms. The number of carbonyl (C=O) groups is 1. The molecule has 162 valence electrons. The van der Waals surface area contributed by atoms with Crippen molar-refractivity contribution in [3.63, 3.8) is 0 Å². The largest absolute Gasteiger partial charge is 0.354 e. The van der Waals surface area contributed by atoms with Crippen LogP contribution in [0.1, 0.15) is 35.6 Å². The van der Waals surface area contributed by atoms with Gasteiger partial charge in [0.25, 0.3) is 5.91 Å². The summed E-state index contributed by atoms with van der Waals surface area (Å²) in [6.45, 7) is 5.26. The molecule has 0 spiro atoms. The first-order valence-corrected chi connectivity index (χ1v) is 10.3. The van der Waals surface area contributed by atoms with Crippen LogP contribution in [0.4, 0.5) is 0 Å². The summed E-state index contributed by atoms with van der Waals surface area (Å²) in [7, 11) is 4.16. The van der Waals surface area contributed by atoms with Crippen LogP contribution in [-0.4, -0.2) is 40.1 Å². The Kier molecular flexibility index (Phi) is 5.82. The molecule has 0 aliphatic heterocycles. The van der Waals surface area contributed by atoms with Gasteiger partial charge in [0.05, 0.1) is 17.5 Å². The van der Waals surface area contributed by atoms with E-state index in [9.17, 15) is 4.79 Å². The Balaban J connectivity index is 0.00000193. The van der Waals surface area contributed by atoms with Gasteiger partial charge in [-0.1, -0.05) is 30.3 Å². The standard InChI is InChI=1S/C25H27N5O.2H2/c1-16-22-13-18(14-26-25(31)20-11-12-27-29-17(20)2)9-10-23(22)28-24(16)21-8-6-5-7-19(21)15-30(3)4;;/h5-13,28H,14-15H2,1-4H3,(H,26,31);2*1H. The van der Waals surface area contributed by atoms with Crippen LogP contribution in [0, 0.1) is 13.8 Å². The number of carbonyl (C=O) groups excluding carboxylic acids is 1. The first-order valence-electron chi connectivity index (χ1n) is 10.3. The van der Waals surface area contributed by atoms with Crippen molar-refractivity contribution >= 4 is 16.8 Å². The lowest BCUT2D eigenvalue weighted by Gasteiger charge is -2.14. The van der Waals surface area contributed by atoms with Crippen molar-refractivity contribution in [2.24, 2.45) is 0 Å². The molecule has 0 unspecified atom stereocenters. The Morgan fingerprint density at radius 2 is 1.94 bits per heavy atom. The zero-order chi connectivity index (χ0) is 22.0. The van der Waals surface area contributed by atoms with Gasteiger partial charge in [0.15, 0.2) is 0 Å². The number of rotatable bonds is 6. The maximum absolute atomic E-state index is 12.5. The maximum atomic E-state index is 12.5. The molecule has 0 aliphatic carbocycles. The first kappa shape index (κ1) is 20.8. The van der Waals surface area contributed by atoms with Crippen LogP contribution in [0.25, 0.3) is 22.2 Å². The van der Waals surface area contributed by atoms with Gasteiger partial charge in [0.1, 0.15) is 0 Å². The van der Waals surface area contributed by atoms with Crippen LogP contribution in [0.3, 0.4) is 0 Å². The Labute approximate surface area is 185 Å². The minimum absolute atomic E-state index is 0. The van der Waals surface area contributed by atoms with Crippen LogP contribution in [0.15, 0.2) is 54.7 Å². The molecule has 4 rings (SSSR count). The number of nitrogens with one attached hydrogen (secondary N) is 2. The number of fused-ring (bicyclic) bond motifs is 1. The molecule has 0 radical (unpaired) electrons. The summed E-state index contributed by atoms with van der Waals surface area (Å²) in [5, 5.41) is 11.9. The molecule has 2 N–H and O–H groups in total. The van der Waals surface area contributed by atoms with Crippen LogP contribution in [-0.2, 0) is 13.1 Å². The first-order chi connectivity index (χ1) is 14.9. The molecule has 2 aromatic heterocycles. The molecule has 1 amide bonds. The molecule has 0 atom stereocenters. The van der Waals surface area contributed by atoms with E-state index in [0.717, 1.165) is 23.3 Å². The van der Waals surface area contributed by atoms with Crippen LogP contribution in [0.5, 0.6) is 0 Å². The second-order valence-corrected chi connectivity index (χ2v) is 8.11. The molecule has 0 aliphatic rings. The lowest BCUT2D eigenvalue weighted by atomic mass is 10.0. The fourth-order valence-corrected chi connectivity index (χ4v) is 3.92. The normalized spacial score (nSPS) is 11.3. The number of benzene rings is 2. The Hall–Kier alpha value is -3.51. The number of nitrogens with zero attached hydrogens (tertiary/aromatic N) is 3. The molecule has 4 aromatic rings. The van der Waals surface area contributed by atoms with Gasteiger partial charge in [-0.2, -0.15) is 10.2 Å². The summed E-state index contributed by atoms with van der Waals surface area (Å²) >= 11 is 0. The van der Waals surface area contributed by atoms with E-state index in [1.54, 1.807) is 13.0 Å². The van der Waals surface area contributed by atoms with Crippen molar-refractivity contribution in [3.05, 3.63) is 82.7 Å². The number of aryl methyl sites for hydroxylation is 2. The highest BCUT2D eigenvalue weighted by Crippen LogP contribution is 2.32. The average Bonchev–Trinajstić information content (AvgIpc) is 3.08. The third-order valence-electron chi connectivity index (χ3n) is 5.50. The van der Waals surface area contributed by atoms with E-state index in [2.05, 4.69) is 82.8 Å². The lowest BCUT2D eigenvalue weighted by molar-refractivity contribution is 0.0949. The van der Waals surface area contributed by atoms with E-state index >= 15 is 0 Å². The highest BCUT2D eigenvalue weighted by atomic mass is 16.1. The van der Waals surface area contributed by atoms with Gasteiger partial charge in [-0.25, -0.2) is 0 Å². The van der Waals surface area contributed by atoms with Gasteiger partial charge >= 0.3 is 0 Å². The minimum atomic E-state index is -0.142. The van der Waals surface area contributed by atoms with Crippen molar-refractivity contribution in [1.82, 2.24) is 25.4 Å². The van der Waals surface area contributed by atoms with Crippen molar-refractivity contribution in [1.29, 1.82) is 0 Å². The molecule has 2 heterocycles. The third-order valence-corrected chi connectivity index (χ3v) is 5.50. The summed E-state index contributed by atoms with van der Waals surface area (Å²) in [6.07, 6.45) is 1.53. The number of aromatic amines is 1. The second kappa shape index (κ2) is 8.70. The van der Waals surface area contributed by atoms with Crippen molar-refractivity contribution < 1.29 is 7.65 Å². The molecule has 31 heavy (non-hydrogen) atoms. The van der Waals surface area contributed by atoms with Gasteiger partial charge in [-0.3, -0.25) is 4.79 Å². The monoisotopic (exact) mass is 417 g/mol. The molecule has 6 nitrogen and oxygen atoms in total. The third kappa shape index (κ3) is 4.34. The Morgan fingerprint density at radius 1 is 1.13 bits per heavy atom. The summed E-state index contributed by atoms with van der Waals surface area (Å²) in [6, 6.07) is 16.5. The van der Waals surface area contributed by atoms with E-state index < -0.39 is 0 Å². The maximum Gasteiger partial charge on any atom is 0.253 e. The van der Waals surface area contributed by atoms with Crippen LogP contribution < -0.4 is 5.32 Å². The molecule has 0 saturated carbocycles. The van der Waals surface area contributed by atoms with Crippen LogP contribution in [0.2, 0.25) is 0 Å². The van der Waals surface area contributed by atoms with E-state index in [1.165, 1.54) is 28.3 Å². The summed E-state index contributed by atoms with van der Waals surface area (Å²) in [4.78, 5) is 18.3. The van der Waals surface area contributed by atoms with E-state index in [-0.39, 0.29) is 8.76 Å². The molecular formula is C25H31N5O. The smallest absolute Gasteiger partial charge is 0.253 e. The number of hydrogen-bond donors (Lipinski definition) is 2. The number of hydrogen-bond acceptors (Lipinski definition) is 4.